The molecular formula is C15H14N2OS2. The number of thiophene rings is 1. The Morgan fingerprint density at radius 1 is 1.10 bits per heavy atom. The van der Waals surface area contributed by atoms with Crippen LogP contribution in [0.1, 0.15) is 5.01 Å². The third-order valence-corrected chi connectivity index (χ3v) is 4.62. The molecule has 0 aliphatic rings. The Morgan fingerprint density at radius 2 is 2.00 bits per heavy atom. The number of nitrogens with two attached hydrogens (primary N) is 1. The van der Waals surface area contributed by atoms with Gasteiger partial charge in [-0.15, -0.1) is 22.7 Å². The Hall–Kier alpha value is -1.85. The van der Waals surface area contributed by atoms with Crippen molar-refractivity contribution in [2.45, 2.75) is 6.42 Å². The molecule has 2 aromatic heterocycles. The van der Waals surface area contributed by atoms with Crippen molar-refractivity contribution >= 4 is 28.4 Å². The van der Waals surface area contributed by atoms with Crippen molar-refractivity contribution in [3.63, 3.8) is 0 Å². The molecule has 2 heterocycles. The SMILES string of the molecule is Nc1ccccc1OCCc1nc(-c2cccs2)cs1. The quantitative estimate of drug-likeness (QED) is 0.723. The van der Waals surface area contributed by atoms with Gasteiger partial charge in [-0.05, 0) is 23.6 Å². The van der Waals surface area contributed by atoms with Crippen molar-refractivity contribution in [1.29, 1.82) is 0 Å². The first-order chi connectivity index (χ1) is 9.83. The molecule has 20 heavy (non-hydrogen) atoms. The Labute approximate surface area is 125 Å². The van der Waals surface area contributed by atoms with Crippen molar-refractivity contribution in [2.75, 3.05) is 12.3 Å². The van der Waals surface area contributed by atoms with Gasteiger partial charge in [0.05, 0.1) is 27.9 Å². The van der Waals surface area contributed by atoms with Gasteiger partial charge in [0.2, 0.25) is 0 Å². The lowest BCUT2D eigenvalue weighted by molar-refractivity contribution is 0.323. The van der Waals surface area contributed by atoms with Gasteiger partial charge in [0.1, 0.15) is 5.75 Å². The van der Waals surface area contributed by atoms with Crippen LogP contribution < -0.4 is 10.5 Å². The lowest BCUT2D eigenvalue weighted by atomic mass is 10.3. The van der Waals surface area contributed by atoms with E-state index in [1.165, 1.54) is 4.88 Å². The molecule has 0 amide bonds. The Bertz CT molecular complexity index is 677. The molecule has 0 spiro atoms. The average molecular weight is 302 g/mol. The average Bonchev–Trinajstić information content (AvgIpc) is 3.11. The lowest BCUT2D eigenvalue weighted by Crippen LogP contribution is -2.03. The van der Waals surface area contributed by atoms with Crippen molar-refractivity contribution in [3.05, 3.63) is 52.2 Å². The number of nitrogen functional groups attached to an aromatic ring is 1. The number of hydrogen-bond donors (Lipinski definition) is 1. The number of rotatable bonds is 5. The number of para-hydroxylation sites is 2. The van der Waals surface area contributed by atoms with Crippen LogP contribution in [0, 0.1) is 0 Å². The van der Waals surface area contributed by atoms with E-state index in [0.717, 1.165) is 22.9 Å². The summed E-state index contributed by atoms with van der Waals surface area (Å²) in [7, 11) is 0. The van der Waals surface area contributed by atoms with Gasteiger partial charge in [-0.3, -0.25) is 0 Å². The molecule has 0 aliphatic carbocycles. The van der Waals surface area contributed by atoms with Crippen molar-refractivity contribution in [3.8, 4) is 16.3 Å². The molecule has 0 bridgehead atoms. The molecule has 0 radical (unpaired) electrons. The van der Waals surface area contributed by atoms with Crippen molar-refractivity contribution in [2.24, 2.45) is 0 Å². The van der Waals surface area contributed by atoms with Gasteiger partial charge in [-0.25, -0.2) is 4.98 Å². The topological polar surface area (TPSA) is 48.1 Å². The van der Waals surface area contributed by atoms with E-state index in [9.17, 15) is 0 Å². The maximum atomic E-state index is 5.83. The van der Waals surface area contributed by atoms with E-state index in [1.807, 2.05) is 30.3 Å². The fourth-order valence-corrected chi connectivity index (χ4v) is 3.36. The highest BCUT2D eigenvalue weighted by Crippen LogP contribution is 2.26. The zero-order chi connectivity index (χ0) is 13.8. The first-order valence-electron chi connectivity index (χ1n) is 6.28. The molecule has 3 nitrogen and oxygen atoms in total. The van der Waals surface area contributed by atoms with E-state index in [2.05, 4.69) is 21.8 Å². The van der Waals surface area contributed by atoms with Crippen LogP contribution in [0.5, 0.6) is 5.75 Å². The third kappa shape index (κ3) is 3.00. The van der Waals surface area contributed by atoms with Gasteiger partial charge in [0, 0.05) is 11.8 Å². The molecule has 0 atom stereocenters. The van der Waals surface area contributed by atoms with E-state index in [0.29, 0.717) is 12.3 Å². The molecule has 3 aromatic rings. The van der Waals surface area contributed by atoms with Crippen LogP contribution in [0.4, 0.5) is 5.69 Å². The summed E-state index contributed by atoms with van der Waals surface area (Å²) in [5, 5.41) is 5.25. The van der Waals surface area contributed by atoms with Crippen molar-refractivity contribution in [1.82, 2.24) is 4.98 Å². The molecule has 0 saturated heterocycles. The fourth-order valence-electron chi connectivity index (χ4n) is 1.82. The van der Waals surface area contributed by atoms with Gasteiger partial charge < -0.3 is 10.5 Å². The maximum Gasteiger partial charge on any atom is 0.142 e. The summed E-state index contributed by atoms with van der Waals surface area (Å²) >= 11 is 3.38. The summed E-state index contributed by atoms with van der Waals surface area (Å²) in [5.41, 5.74) is 7.56. The highest BCUT2D eigenvalue weighted by Gasteiger charge is 2.06. The summed E-state index contributed by atoms with van der Waals surface area (Å²) in [6.07, 6.45) is 0.796. The predicted molar refractivity (Wildman–Crippen MR) is 85.5 cm³/mol. The van der Waals surface area contributed by atoms with Crippen LogP contribution in [0.25, 0.3) is 10.6 Å². The number of aromatic nitrogens is 1. The predicted octanol–water partition coefficient (Wildman–Crippen LogP) is 4.08. The molecule has 0 saturated carbocycles. The minimum atomic E-state index is 0.589. The molecule has 1 aromatic carbocycles. The maximum absolute atomic E-state index is 5.83. The van der Waals surface area contributed by atoms with E-state index in [-0.39, 0.29) is 0 Å². The molecule has 0 aliphatic heterocycles. The van der Waals surface area contributed by atoms with E-state index < -0.39 is 0 Å². The van der Waals surface area contributed by atoms with E-state index >= 15 is 0 Å². The number of thiazole rings is 1. The van der Waals surface area contributed by atoms with Gasteiger partial charge in [-0.1, -0.05) is 18.2 Å². The van der Waals surface area contributed by atoms with Crippen LogP contribution in [0.3, 0.4) is 0 Å². The van der Waals surface area contributed by atoms with Crippen LogP contribution >= 0.6 is 22.7 Å². The van der Waals surface area contributed by atoms with Gasteiger partial charge in [0.25, 0.3) is 0 Å². The zero-order valence-electron chi connectivity index (χ0n) is 10.8. The minimum Gasteiger partial charge on any atom is -0.491 e. The van der Waals surface area contributed by atoms with Crippen molar-refractivity contribution < 1.29 is 4.74 Å². The second-order valence-corrected chi connectivity index (χ2v) is 6.13. The summed E-state index contributed by atoms with van der Waals surface area (Å²) in [5.74, 6) is 0.738. The smallest absolute Gasteiger partial charge is 0.142 e. The molecule has 0 unspecified atom stereocenters. The lowest BCUT2D eigenvalue weighted by Gasteiger charge is -2.07. The van der Waals surface area contributed by atoms with Crippen LogP contribution in [0.2, 0.25) is 0 Å². The first kappa shape index (κ1) is 13.1. The second-order valence-electron chi connectivity index (χ2n) is 4.24. The molecule has 102 valence electrons. The Kier molecular flexibility index (Phi) is 3.99. The monoisotopic (exact) mass is 302 g/mol. The number of benzene rings is 1. The normalized spacial score (nSPS) is 10.6. The van der Waals surface area contributed by atoms with Gasteiger partial charge >= 0.3 is 0 Å². The number of ether oxygens (including phenoxy) is 1. The first-order valence-corrected chi connectivity index (χ1v) is 8.04. The molecule has 0 fully saturated rings. The number of anilines is 1. The van der Waals surface area contributed by atoms with Crippen LogP contribution in [-0.4, -0.2) is 11.6 Å². The summed E-state index contributed by atoms with van der Waals surface area (Å²) in [6.45, 7) is 0.589. The minimum absolute atomic E-state index is 0.589. The fraction of sp³-hybridized carbons (Fsp3) is 0.133. The zero-order valence-corrected chi connectivity index (χ0v) is 12.4. The molecular weight excluding hydrogens is 288 g/mol. The van der Waals surface area contributed by atoms with Crippen LogP contribution in [-0.2, 0) is 6.42 Å². The van der Waals surface area contributed by atoms with Gasteiger partial charge in [0.15, 0.2) is 0 Å². The number of hydrogen-bond acceptors (Lipinski definition) is 5. The number of nitrogens with zero attached hydrogens (tertiary/aromatic N) is 1. The molecule has 3 rings (SSSR count). The highest BCUT2D eigenvalue weighted by molar-refractivity contribution is 7.14. The largest absolute Gasteiger partial charge is 0.491 e. The molecule has 5 heteroatoms. The molecule has 2 N–H and O–H groups in total. The summed E-state index contributed by atoms with van der Waals surface area (Å²) < 4.78 is 5.68. The third-order valence-electron chi connectivity index (χ3n) is 2.82. The van der Waals surface area contributed by atoms with E-state index in [4.69, 9.17) is 10.5 Å². The van der Waals surface area contributed by atoms with Crippen LogP contribution in [0.15, 0.2) is 47.2 Å². The van der Waals surface area contributed by atoms with Gasteiger partial charge in [-0.2, -0.15) is 0 Å². The summed E-state index contributed by atoms with van der Waals surface area (Å²) in [6, 6.07) is 11.7. The standard InChI is InChI=1S/C15H14N2OS2/c16-11-4-1-2-5-13(11)18-8-7-15-17-12(10-20-15)14-6-3-9-19-14/h1-6,9-10H,7-8,16H2. The Balaban J connectivity index is 1.58. The highest BCUT2D eigenvalue weighted by atomic mass is 32.1. The second kappa shape index (κ2) is 6.07. The Morgan fingerprint density at radius 3 is 2.80 bits per heavy atom. The summed E-state index contributed by atoms with van der Waals surface area (Å²) in [4.78, 5) is 5.83. The van der Waals surface area contributed by atoms with E-state index in [1.54, 1.807) is 22.7 Å².